The summed E-state index contributed by atoms with van der Waals surface area (Å²) in [6.07, 6.45) is 3.68. The van der Waals surface area contributed by atoms with Crippen LogP contribution in [-0.4, -0.2) is 4.99 Å². The van der Waals surface area contributed by atoms with Crippen molar-refractivity contribution >= 4 is 17.2 Å². The molecule has 21 heavy (non-hydrogen) atoms. The second-order valence-electron chi connectivity index (χ2n) is 5.59. The molecule has 0 heterocycles. The van der Waals surface area contributed by atoms with Gasteiger partial charge in [0.25, 0.3) is 0 Å². The van der Waals surface area contributed by atoms with Gasteiger partial charge >= 0.3 is 0 Å². The van der Waals surface area contributed by atoms with E-state index in [-0.39, 0.29) is 0 Å². The van der Waals surface area contributed by atoms with Crippen LogP contribution in [0.1, 0.15) is 34.2 Å². The maximum atomic E-state index is 5.96. The lowest BCUT2D eigenvalue weighted by molar-refractivity contribution is 0.304. The minimum atomic E-state index is 0.400. The summed E-state index contributed by atoms with van der Waals surface area (Å²) in [6, 6.07) is 12.5. The summed E-state index contributed by atoms with van der Waals surface area (Å²) in [5, 5.41) is 0. The Balaban J connectivity index is 1.75. The highest BCUT2D eigenvalue weighted by molar-refractivity contribution is 7.80. The van der Waals surface area contributed by atoms with Crippen LogP contribution in [0.5, 0.6) is 5.75 Å². The van der Waals surface area contributed by atoms with Gasteiger partial charge in [-0.3, -0.25) is 0 Å². The van der Waals surface area contributed by atoms with Crippen molar-refractivity contribution in [2.75, 3.05) is 0 Å². The van der Waals surface area contributed by atoms with Crippen LogP contribution in [0.2, 0.25) is 0 Å². The molecular weight excluding hydrogens is 278 g/mol. The Hall–Kier alpha value is -1.87. The van der Waals surface area contributed by atoms with E-state index >= 15 is 0 Å². The molecule has 0 aliphatic heterocycles. The molecule has 3 heteroatoms. The predicted octanol–water partition coefficient (Wildman–Crippen LogP) is 3.70. The highest BCUT2D eigenvalue weighted by Gasteiger charge is 2.11. The molecule has 2 aromatic rings. The van der Waals surface area contributed by atoms with Crippen LogP contribution >= 0.6 is 12.2 Å². The lowest BCUT2D eigenvalue weighted by Gasteiger charge is -2.11. The smallest absolute Gasteiger partial charge is 0.123 e. The molecule has 0 saturated carbocycles. The van der Waals surface area contributed by atoms with Gasteiger partial charge in [-0.15, -0.1) is 0 Å². The monoisotopic (exact) mass is 297 g/mol. The van der Waals surface area contributed by atoms with Crippen LogP contribution in [0, 0.1) is 6.92 Å². The molecule has 2 nitrogen and oxygen atoms in total. The molecule has 0 bridgehead atoms. The van der Waals surface area contributed by atoms with Gasteiger partial charge in [-0.05, 0) is 54.5 Å². The quantitative estimate of drug-likeness (QED) is 0.874. The Labute approximate surface area is 130 Å². The Morgan fingerprint density at radius 1 is 1.14 bits per heavy atom. The van der Waals surface area contributed by atoms with Gasteiger partial charge in [0.15, 0.2) is 0 Å². The number of fused-ring (bicyclic) bond motifs is 1. The van der Waals surface area contributed by atoms with Gasteiger partial charge in [0.05, 0.1) is 0 Å². The third-order valence-corrected chi connectivity index (χ3v) is 4.27. The van der Waals surface area contributed by atoms with E-state index in [1.807, 2.05) is 25.1 Å². The number of thiocarbonyl (C=S) groups is 1. The van der Waals surface area contributed by atoms with E-state index in [2.05, 4.69) is 18.2 Å². The van der Waals surface area contributed by atoms with Crippen LogP contribution < -0.4 is 10.5 Å². The zero-order valence-corrected chi connectivity index (χ0v) is 13.0. The second-order valence-corrected chi connectivity index (χ2v) is 6.03. The standard InChI is InChI=1S/C18H19NOS/c1-12-5-7-16(18(19)21)10-17(12)20-11-13-6-8-14-3-2-4-15(14)9-13/h5-10H,2-4,11H2,1H3,(H2,19,21). The van der Waals surface area contributed by atoms with Gasteiger partial charge in [-0.2, -0.15) is 0 Å². The molecule has 1 aliphatic carbocycles. The number of rotatable bonds is 4. The van der Waals surface area contributed by atoms with Crippen molar-refractivity contribution in [3.8, 4) is 5.75 Å². The first-order valence-corrected chi connectivity index (χ1v) is 7.68. The first-order valence-electron chi connectivity index (χ1n) is 7.27. The van der Waals surface area contributed by atoms with Crippen molar-refractivity contribution in [3.63, 3.8) is 0 Å². The van der Waals surface area contributed by atoms with Crippen molar-refractivity contribution in [1.82, 2.24) is 0 Å². The van der Waals surface area contributed by atoms with E-state index in [1.165, 1.54) is 36.0 Å². The topological polar surface area (TPSA) is 35.2 Å². The van der Waals surface area contributed by atoms with Gasteiger partial charge in [0.2, 0.25) is 0 Å². The van der Waals surface area contributed by atoms with Crippen LogP contribution in [0.4, 0.5) is 0 Å². The van der Waals surface area contributed by atoms with Gasteiger partial charge in [0.1, 0.15) is 17.3 Å². The van der Waals surface area contributed by atoms with Crippen molar-refractivity contribution in [3.05, 3.63) is 64.2 Å². The van der Waals surface area contributed by atoms with E-state index in [4.69, 9.17) is 22.7 Å². The summed E-state index contributed by atoms with van der Waals surface area (Å²) < 4.78 is 5.96. The molecule has 0 aromatic heterocycles. The third-order valence-electron chi connectivity index (χ3n) is 4.03. The predicted molar refractivity (Wildman–Crippen MR) is 89.9 cm³/mol. The summed E-state index contributed by atoms with van der Waals surface area (Å²) in [4.78, 5) is 0.400. The van der Waals surface area contributed by atoms with Crippen molar-refractivity contribution in [2.24, 2.45) is 5.73 Å². The number of aryl methyl sites for hydroxylation is 3. The zero-order chi connectivity index (χ0) is 14.8. The van der Waals surface area contributed by atoms with E-state index < -0.39 is 0 Å². The van der Waals surface area contributed by atoms with E-state index in [0.717, 1.165) is 16.9 Å². The Bertz CT molecular complexity index is 694. The number of hydrogen-bond acceptors (Lipinski definition) is 2. The Kier molecular flexibility index (Phi) is 3.93. The normalized spacial score (nSPS) is 13.0. The molecule has 0 atom stereocenters. The molecular formula is C18H19NOS. The van der Waals surface area contributed by atoms with Crippen LogP contribution in [0.3, 0.4) is 0 Å². The molecule has 0 unspecified atom stereocenters. The molecule has 0 radical (unpaired) electrons. The van der Waals surface area contributed by atoms with Gasteiger partial charge in [0, 0.05) is 5.56 Å². The summed E-state index contributed by atoms with van der Waals surface area (Å²) >= 11 is 5.02. The summed E-state index contributed by atoms with van der Waals surface area (Å²) in [7, 11) is 0. The number of benzene rings is 2. The zero-order valence-electron chi connectivity index (χ0n) is 12.2. The highest BCUT2D eigenvalue weighted by atomic mass is 32.1. The largest absolute Gasteiger partial charge is 0.489 e. The van der Waals surface area contributed by atoms with E-state index in [9.17, 15) is 0 Å². The SMILES string of the molecule is Cc1ccc(C(N)=S)cc1OCc1ccc2c(c1)CCC2. The molecule has 2 N–H and O–H groups in total. The minimum Gasteiger partial charge on any atom is -0.489 e. The fraction of sp³-hybridized carbons (Fsp3) is 0.278. The lowest BCUT2D eigenvalue weighted by Crippen LogP contribution is -2.09. The molecule has 3 rings (SSSR count). The van der Waals surface area contributed by atoms with Crippen LogP contribution in [0.15, 0.2) is 36.4 Å². The molecule has 0 saturated heterocycles. The molecule has 1 aliphatic rings. The second kappa shape index (κ2) is 5.86. The summed E-state index contributed by atoms with van der Waals surface area (Å²) in [6.45, 7) is 2.61. The first-order chi connectivity index (χ1) is 10.1. The summed E-state index contributed by atoms with van der Waals surface area (Å²) in [5.74, 6) is 0.848. The molecule has 0 fully saturated rings. The third kappa shape index (κ3) is 3.08. The summed E-state index contributed by atoms with van der Waals surface area (Å²) in [5.41, 5.74) is 11.8. The van der Waals surface area contributed by atoms with Crippen molar-refractivity contribution in [1.29, 1.82) is 0 Å². The first kappa shape index (κ1) is 14.1. The van der Waals surface area contributed by atoms with Gasteiger partial charge < -0.3 is 10.5 Å². The number of nitrogens with two attached hydrogens (primary N) is 1. The van der Waals surface area contributed by atoms with Gasteiger partial charge in [-0.1, -0.05) is 42.5 Å². The number of ether oxygens (including phenoxy) is 1. The fourth-order valence-electron chi connectivity index (χ4n) is 2.78. The van der Waals surface area contributed by atoms with Crippen molar-refractivity contribution in [2.45, 2.75) is 32.8 Å². The molecule has 108 valence electrons. The molecule has 2 aromatic carbocycles. The fourth-order valence-corrected chi connectivity index (χ4v) is 2.91. The minimum absolute atomic E-state index is 0.400. The van der Waals surface area contributed by atoms with Crippen LogP contribution in [0.25, 0.3) is 0 Å². The van der Waals surface area contributed by atoms with Gasteiger partial charge in [-0.25, -0.2) is 0 Å². The maximum Gasteiger partial charge on any atom is 0.123 e. The highest BCUT2D eigenvalue weighted by Crippen LogP contribution is 2.25. The van der Waals surface area contributed by atoms with Crippen LogP contribution in [-0.2, 0) is 19.4 Å². The maximum absolute atomic E-state index is 5.96. The van der Waals surface area contributed by atoms with Crippen molar-refractivity contribution < 1.29 is 4.74 Å². The van der Waals surface area contributed by atoms with E-state index in [1.54, 1.807) is 0 Å². The van der Waals surface area contributed by atoms with E-state index in [0.29, 0.717) is 11.6 Å². The number of hydrogen-bond donors (Lipinski definition) is 1. The lowest BCUT2D eigenvalue weighted by atomic mass is 10.1. The molecule has 0 amide bonds. The Morgan fingerprint density at radius 2 is 1.95 bits per heavy atom. The molecule has 0 spiro atoms. The average Bonchev–Trinajstić information content (AvgIpc) is 2.93. The average molecular weight is 297 g/mol. The Morgan fingerprint density at radius 3 is 2.76 bits per heavy atom.